The summed E-state index contributed by atoms with van der Waals surface area (Å²) in [4.78, 5) is 10.4. The van der Waals surface area contributed by atoms with E-state index in [1.54, 1.807) is 0 Å². The molecule has 0 saturated carbocycles. The highest BCUT2D eigenvalue weighted by molar-refractivity contribution is 6.15. The third kappa shape index (κ3) is 3.16. The molecule has 3 heterocycles. The second kappa shape index (κ2) is 9.31. The summed E-state index contributed by atoms with van der Waals surface area (Å²) in [6.45, 7) is 0. The highest BCUT2D eigenvalue weighted by Gasteiger charge is 2.51. The van der Waals surface area contributed by atoms with Crippen molar-refractivity contribution in [2.75, 3.05) is 0 Å². The van der Waals surface area contributed by atoms with Crippen LogP contribution < -0.4 is 0 Å². The van der Waals surface area contributed by atoms with Crippen LogP contribution in [0.15, 0.2) is 164 Å². The molecular weight excluding hydrogens is 607 g/mol. The summed E-state index contributed by atoms with van der Waals surface area (Å²) in [6.07, 6.45) is 0. The lowest BCUT2D eigenvalue weighted by Crippen LogP contribution is -2.25. The highest BCUT2D eigenvalue weighted by Crippen LogP contribution is 2.63. The Bertz CT molecular complexity index is 3050. The highest BCUT2D eigenvalue weighted by atomic mass is 15.0. The second-order valence-electron chi connectivity index (χ2n) is 13.7. The predicted octanol–water partition coefficient (Wildman–Crippen LogP) is 11.4. The smallest absolute Gasteiger partial charge is 0.147 e. The fourth-order valence-electron chi connectivity index (χ4n) is 9.32. The predicted molar refractivity (Wildman–Crippen MR) is 205 cm³/mol. The van der Waals surface area contributed by atoms with Crippen LogP contribution in [0.25, 0.3) is 82.8 Å². The van der Waals surface area contributed by atoms with Gasteiger partial charge in [-0.2, -0.15) is 0 Å². The Labute approximate surface area is 287 Å². The van der Waals surface area contributed by atoms with Gasteiger partial charge in [-0.05, 0) is 98.1 Å². The topological polar surface area (TPSA) is 30.2 Å². The molecule has 12 rings (SSSR count). The molecule has 0 amide bonds. The quantitative estimate of drug-likeness (QED) is 0.133. The number of rotatable bonds is 1. The first-order chi connectivity index (χ1) is 24.8. The second-order valence-corrected chi connectivity index (χ2v) is 13.7. The van der Waals surface area contributed by atoms with E-state index in [-0.39, 0.29) is 5.41 Å². The first kappa shape index (κ1) is 26.4. The van der Waals surface area contributed by atoms with Gasteiger partial charge in [0.2, 0.25) is 0 Å². The average Bonchev–Trinajstić information content (AvgIpc) is 3.82. The largest absolute Gasteiger partial charge is 0.292 e. The number of aromatic nitrogens is 3. The minimum Gasteiger partial charge on any atom is -0.292 e. The summed E-state index contributed by atoms with van der Waals surface area (Å²) in [6, 6.07) is 60.1. The number of fused-ring (bicyclic) bond motifs is 19. The van der Waals surface area contributed by atoms with E-state index in [1.165, 1.54) is 55.6 Å². The van der Waals surface area contributed by atoms with Crippen LogP contribution >= 0.6 is 0 Å². The Hall–Kier alpha value is -6.58. The third-order valence-corrected chi connectivity index (χ3v) is 11.3. The number of hydrogen-bond acceptors (Lipinski definition) is 2. The molecule has 0 unspecified atom stereocenters. The van der Waals surface area contributed by atoms with Gasteiger partial charge in [-0.1, -0.05) is 121 Å². The number of nitrogens with zero attached hydrogens (tertiary/aromatic N) is 3. The van der Waals surface area contributed by atoms with Crippen molar-refractivity contribution in [2.24, 2.45) is 0 Å². The van der Waals surface area contributed by atoms with Gasteiger partial charge >= 0.3 is 0 Å². The molecule has 0 atom stereocenters. The Morgan fingerprint density at radius 3 is 1.72 bits per heavy atom. The number of imidazole rings is 1. The molecule has 2 aliphatic carbocycles. The lowest BCUT2D eigenvalue weighted by atomic mass is 9.70. The van der Waals surface area contributed by atoms with Crippen LogP contribution in [-0.2, 0) is 5.41 Å². The van der Waals surface area contributed by atoms with Crippen molar-refractivity contribution in [3.63, 3.8) is 0 Å². The van der Waals surface area contributed by atoms with E-state index in [4.69, 9.17) is 9.97 Å². The van der Waals surface area contributed by atoms with E-state index in [0.29, 0.717) is 0 Å². The Morgan fingerprint density at radius 1 is 0.400 bits per heavy atom. The van der Waals surface area contributed by atoms with Crippen molar-refractivity contribution in [3.05, 3.63) is 186 Å². The summed E-state index contributed by atoms with van der Waals surface area (Å²) < 4.78 is 2.31. The van der Waals surface area contributed by atoms with E-state index in [1.807, 2.05) is 0 Å². The van der Waals surface area contributed by atoms with Gasteiger partial charge in [0, 0.05) is 16.2 Å². The van der Waals surface area contributed by atoms with Crippen molar-refractivity contribution < 1.29 is 0 Å². The van der Waals surface area contributed by atoms with Crippen LogP contribution in [0.1, 0.15) is 22.3 Å². The maximum absolute atomic E-state index is 5.30. The van der Waals surface area contributed by atoms with Gasteiger partial charge in [-0.25, -0.2) is 9.97 Å². The Kier molecular flexibility index (Phi) is 4.91. The molecule has 3 aromatic heterocycles. The number of hydrogen-bond donors (Lipinski definition) is 0. The van der Waals surface area contributed by atoms with Crippen molar-refractivity contribution >= 4 is 49.4 Å². The maximum atomic E-state index is 5.30. The van der Waals surface area contributed by atoms with E-state index in [0.717, 1.165) is 49.4 Å². The number of benzene rings is 7. The Balaban J connectivity index is 1.16. The SMILES string of the molecule is c1ccc2c(c1)-c1ccccc1C21c2ccccc2-c2ccc(-c3ccc4c(c3)c3nc5ccccc5cc3c3nc5ccccc5n43)cc21. The van der Waals surface area contributed by atoms with Crippen molar-refractivity contribution in [1.82, 2.24) is 14.4 Å². The number of pyridine rings is 2. The molecule has 230 valence electrons. The van der Waals surface area contributed by atoms with E-state index >= 15 is 0 Å². The molecule has 50 heavy (non-hydrogen) atoms. The maximum Gasteiger partial charge on any atom is 0.147 e. The van der Waals surface area contributed by atoms with E-state index in [2.05, 4.69) is 168 Å². The zero-order valence-corrected chi connectivity index (χ0v) is 26.9. The average molecular weight is 634 g/mol. The van der Waals surface area contributed by atoms with Gasteiger partial charge in [-0.3, -0.25) is 4.40 Å². The first-order valence-electron chi connectivity index (χ1n) is 17.3. The van der Waals surface area contributed by atoms with Crippen LogP contribution in [0.5, 0.6) is 0 Å². The van der Waals surface area contributed by atoms with E-state index in [9.17, 15) is 0 Å². The van der Waals surface area contributed by atoms with Crippen LogP contribution in [0.2, 0.25) is 0 Å². The van der Waals surface area contributed by atoms with Crippen molar-refractivity contribution in [1.29, 1.82) is 0 Å². The van der Waals surface area contributed by atoms with Gasteiger partial charge in [0.05, 0.1) is 33.0 Å². The first-order valence-corrected chi connectivity index (χ1v) is 17.3. The molecule has 0 aliphatic heterocycles. The summed E-state index contributed by atoms with van der Waals surface area (Å²) >= 11 is 0. The lowest BCUT2D eigenvalue weighted by molar-refractivity contribution is 0.794. The standard InChI is InChI=1S/C47H27N3/c1-8-18-41-30(11-1)26-36-45(48-41)35-25-28(22-24-43(35)50-44-20-10-9-19-42(44)49-46(36)50)29-21-23-34-33-14-4-7-17-39(33)47(40(34)27-29)37-15-5-2-12-31(37)32-13-3-6-16-38(32)47/h1-27H. The molecule has 7 aromatic carbocycles. The monoisotopic (exact) mass is 633 g/mol. The molecule has 0 saturated heterocycles. The molecule has 2 aliphatic rings. The van der Waals surface area contributed by atoms with Crippen LogP contribution in [-0.4, -0.2) is 14.4 Å². The van der Waals surface area contributed by atoms with Crippen molar-refractivity contribution in [3.8, 4) is 33.4 Å². The zero-order valence-electron chi connectivity index (χ0n) is 26.9. The molecular formula is C47H27N3. The summed E-state index contributed by atoms with van der Waals surface area (Å²) in [5.74, 6) is 0. The van der Waals surface area contributed by atoms with Crippen molar-refractivity contribution in [2.45, 2.75) is 5.41 Å². The molecule has 0 bridgehead atoms. The zero-order chi connectivity index (χ0) is 32.6. The van der Waals surface area contributed by atoms with Gasteiger partial charge < -0.3 is 0 Å². The summed E-state index contributed by atoms with van der Waals surface area (Å²) in [5, 5.41) is 3.30. The summed E-state index contributed by atoms with van der Waals surface area (Å²) in [7, 11) is 0. The summed E-state index contributed by atoms with van der Waals surface area (Å²) in [5.41, 5.74) is 18.8. The fourth-order valence-corrected chi connectivity index (χ4v) is 9.32. The van der Waals surface area contributed by atoms with Gasteiger partial charge in [-0.15, -0.1) is 0 Å². The molecule has 3 nitrogen and oxygen atoms in total. The van der Waals surface area contributed by atoms with Crippen LogP contribution in [0.4, 0.5) is 0 Å². The van der Waals surface area contributed by atoms with Crippen LogP contribution in [0, 0.1) is 0 Å². The van der Waals surface area contributed by atoms with Gasteiger partial charge in [0.1, 0.15) is 5.65 Å². The molecule has 0 N–H and O–H groups in total. The molecule has 0 fully saturated rings. The minimum absolute atomic E-state index is 0.374. The van der Waals surface area contributed by atoms with Gasteiger partial charge in [0.25, 0.3) is 0 Å². The van der Waals surface area contributed by atoms with Crippen LogP contribution in [0.3, 0.4) is 0 Å². The minimum atomic E-state index is -0.374. The molecule has 1 spiro atoms. The third-order valence-electron chi connectivity index (χ3n) is 11.3. The Morgan fingerprint density at radius 2 is 0.980 bits per heavy atom. The lowest BCUT2D eigenvalue weighted by Gasteiger charge is -2.30. The van der Waals surface area contributed by atoms with E-state index < -0.39 is 0 Å². The van der Waals surface area contributed by atoms with Gasteiger partial charge in [0.15, 0.2) is 0 Å². The molecule has 10 aromatic rings. The number of para-hydroxylation sites is 3. The molecule has 3 heteroatoms. The fraction of sp³-hybridized carbons (Fsp3) is 0.0213. The normalized spacial score (nSPS) is 13.8. The molecule has 0 radical (unpaired) electrons.